The van der Waals surface area contributed by atoms with Crippen LogP contribution < -0.4 is 10.6 Å². The van der Waals surface area contributed by atoms with Gasteiger partial charge in [-0.05, 0) is 36.8 Å². The highest BCUT2D eigenvalue weighted by molar-refractivity contribution is 5.96. The Labute approximate surface area is 147 Å². The standard InChI is InChI=1S/C19H23N5O/c20-18-17(21-8-9-22-18)19(25)23-10-5-14(6-11-23)13-24-12-7-15-3-1-2-4-16(15)24/h1-4,8-9,14H,5-7,10-13H2,(H2,20,22). The molecule has 0 aliphatic carbocycles. The minimum atomic E-state index is -0.101. The van der Waals surface area contributed by atoms with Crippen molar-refractivity contribution in [1.29, 1.82) is 0 Å². The first-order valence-electron chi connectivity index (χ1n) is 8.91. The number of amides is 1. The van der Waals surface area contributed by atoms with Gasteiger partial charge in [-0.2, -0.15) is 0 Å². The van der Waals surface area contributed by atoms with Gasteiger partial charge in [-0.3, -0.25) is 4.79 Å². The predicted octanol–water partition coefficient (Wildman–Crippen LogP) is 1.97. The summed E-state index contributed by atoms with van der Waals surface area (Å²) >= 11 is 0. The van der Waals surface area contributed by atoms with Crippen LogP contribution >= 0.6 is 0 Å². The van der Waals surface area contributed by atoms with Crippen LogP contribution in [-0.2, 0) is 6.42 Å². The Morgan fingerprint density at radius 3 is 2.68 bits per heavy atom. The minimum absolute atomic E-state index is 0.101. The van der Waals surface area contributed by atoms with Gasteiger partial charge in [0.25, 0.3) is 5.91 Å². The third-order valence-electron chi connectivity index (χ3n) is 5.29. The van der Waals surface area contributed by atoms with E-state index in [0.29, 0.717) is 5.92 Å². The molecule has 0 radical (unpaired) electrons. The molecule has 6 heteroatoms. The predicted molar refractivity (Wildman–Crippen MR) is 97.4 cm³/mol. The van der Waals surface area contributed by atoms with Crippen LogP contribution in [0.15, 0.2) is 36.7 Å². The number of fused-ring (bicyclic) bond motifs is 1. The average molecular weight is 337 g/mol. The fourth-order valence-corrected chi connectivity index (χ4v) is 3.89. The first-order chi connectivity index (χ1) is 12.2. The third-order valence-corrected chi connectivity index (χ3v) is 5.29. The number of carbonyl (C=O) groups excluding carboxylic acids is 1. The lowest BCUT2D eigenvalue weighted by Crippen LogP contribution is -2.42. The molecule has 0 saturated carbocycles. The lowest BCUT2D eigenvalue weighted by atomic mass is 9.96. The maximum atomic E-state index is 12.6. The largest absolute Gasteiger partial charge is 0.382 e. The zero-order valence-corrected chi connectivity index (χ0v) is 14.3. The van der Waals surface area contributed by atoms with Gasteiger partial charge in [0.05, 0.1) is 0 Å². The van der Waals surface area contributed by atoms with Crippen molar-refractivity contribution in [3.63, 3.8) is 0 Å². The van der Waals surface area contributed by atoms with Crippen LogP contribution in [0.1, 0.15) is 28.9 Å². The number of anilines is 2. The second-order valence-electron chi connectivity index (χ2n) is 6.85. The van der Waals surface area contributed by atoms with Gasteiger partial charge in [-0.1, -0.05) is 18.2 Å². The summed E-state index contributed by atoms with van der Waals surface area (Å²) in [5.74, 6) is 0.730. The highest BCUT2D eigenvalue weighted by Crippen LogP contribution is 2.30. The highest BCUT2D eigenvalue weighted by Gasteiger charge is 2.28. The maximum Gasteiger partial charge on any atom is 0.276 e. The lowest BCUT2D eigenvalue weighted by molar-refractivity contribution is 0.0687. The molecule has 6 nitrogen and oxygen atoms in total. The highest BCUT2D eigenvalue weighted by atomic mass is 16.2. The maximum absolute atomic E-state index is 12.6. The summed E-state index contributed by atoms with van der Waals surface area (Å²) in [6.45, 7) is 3.70. The number of hydrogen-bond acceptors (Lipinski definition) is 5. The van der Waals surface area contributed by atoms with Crippen LogP contribution in [0, 0.1) is 5.92 Å². The molecule has 1 fully saturated rings. The molecule has 0 spiro atoms. The lowest BCUT2D eigenvalue weighted by Gasteiger charge is -2.34. The van der Waals surface area contributed by atoms with E-state index in [2.05, 4.69) is 39.1 Å². The molecular weight excluding hydrogens is 314 g/mol. The number of rotatable bonds is 3. The van der Waals surface area contributed by atoms with Crippen molar-refractivity contribution < 1.29 is 4.79 Å². The number of nitrogens with zero attached hydrogens (tertiary/aromatic N) is 4. The molecule has 0 bridgehead atoms. The molecule has 0 unspecified atom stereocenters. The zero-order chi connectivity index (χ0) is 17.2. The zero-order valence-electron chi connectivity index (χ0n) is 14.3. The summed E-state index contributed by atoms with van der Waals surface area (Å²) in [5, 5.41) is 0. The van der Waals surface area contributed by atoms with Crippen molar-refractivity contribution in [2.45, 2.75) is 19.3 Å². The Balaban J connectivity index is 1.35. The monoisotopic (exact) mass is 337 g/mol. The smallest absolute Gasteiger partial charge is 0.276 e. The van der Waals surface area contributed by atoms with Gasteiger partial charge in [-0.15, -0.1) is 0 Å². The fraction of sp³-hybridized carbons (Fsp3) is 0.421. The number of hydrogen-bond donors (Lipinski definition) is 1. The van der Waals surface area contributed by atoms with E-state index in [1.54, 1.807) is 0 Å². The minimum Gasteiger partial charge on any atom is -0.382 e. The van der Waals surface area contributed by atoms with E-state index >= 15 is 0 Å². The molecule has 0 atom stereocenters. The Kier molecular flexibility index (Phi) is 4.26. The molecule has 4 rings (SSSR count). The molecule has 3 heterocycles. The fourth-order valence-electron chi connectivity index (χ4n) is 3.89. The normalized spacial score (nSPS) is 17.6. The van der Waals surface area contributed by atoms with Crippen molar-refractivity contribution in [2.75, 3.05) is 36.8 Å². The Morgan fingerprint density at radius 1 is 1.12 bits per heavy atom. The average Bonchev–Trinajstić information content (AvgIpc) is 3.05. The van der Waals surface area contributed by atoms with Gasteiger partial charge < -0.3 is 15.5 Å². The number of carbonyl (C=O) groups is 1. The number of piperidine rings is 1. The molecule has 1 saturated heterocycles. The quantitative estimate of drug-likeness (QED) is 0.927. The third kappa shape index (κ3) is 3.16. The molecular formula is C19H23N5O. The van der Waals surface area contributed by atoms with Crippen LogP contribution in [-0.4, -0.2) is 47.0 Å². The first kappa shape index (κ1) is 15.9. The van der Waals surface area contributed by atoms with E-state index in [9.17, 15) is 4.79 Å². The van der Waals surface area contributed by atoms with E-state index in [4.69, 9.17) is 5.73 Å². The number of nitrogen functional groups attached to an aromatic ring is 1. The Morgan fingerprint density at radius 2 is 1.88 bits per heavy atom. The van der Waals surface area contributed by atoms with E-state index in [1.165, 1.54) is 23.6 Å². The Bertz CT molecular complexity index is 770. The number of nitrogens with two attached hydrogens (primary N) is 1. The summed E-state index contributed by atoms with van der Waals surface area (Å²) in [7, 11) is 0. The van der Waals surface area contributed by atoms with Crippen molar-refractivity contribution in [2.24, 2.45) is 5.92 Å². The molecule has 2 aromatic rings. The van der Waals surface area contributed by atoms with Crippen molar-refractivity contribution >= 4 is 17.4 Å². The van der Waals surface area contributed by atoms with Gasteiger partial charge in [0.15, 0.2) is 11.5 Å². The summed E-state index contributed by atoms with van der Waals surface area (Å²) in [5.41, 5.74) is 8.89. The van der Waals surface area contributed by atoms with E-state index in [1.807, 2.05) is 4.90 Å². The summed E-state index contributed by atoms with van der Waals surface area (Å²) in [6, 6.07) is 8.67. The number of likely N-dealkylation sites (tertiary alicyclic amines) is 1. The SMILES string of the molecule is Nc1nccnc1C(=O)N1CCC(CN2CCc3ccccc32)CC1. The van der Waals surface area contributed by atoms with E-state index in [-0.39, 0.29) is 17.4 Å². The molecule has 1 aromatic carbocycles. The van der Waals surface area contributed by atoms with Gasteiger partial charge in [0, 0.05) is 44.3 Å². The summed E-state index contributed by atoms with van der Waals surface area (Å²) in [4.78, 5) is 25.0. The van der Waals surface area contributed by atoms with Crippen molar-refractivity contribution in [3.8, 4) is 0 Å². The first-order valence-corrected chi connectivity index (χ1v) is 8.91. The molecule has 2 aliphatic heterocycles. The Hall–Kier alpha value is -2.63. The van der Waals surface area contributed by atoms with Crippen LogP contribution in [0.5, 0.6) is 0 Å². The molecule has 25 heavy (non-hydrogen) atoms. The van der Waals surface area contributed by atoms with Crippen LogP contribution in [0.25, 0.3) is 0 Å². The van der Waals surface area contributed by atoms with E-state index < -0.39 is 0 Å². The topological polar surface area (TPSA) is 75.3 Å². The molecule has 2 aliphatic rings. The number of aromatic nitrogens is 2. The van der Waals surface area contributed by atoms with Crippen LogP contribution in [0.3, 0.4) is 0 Å². The van der Waals surface area contributed by atoms with Crippen LogP contribution in [0.4, 0.5) is 11.5 Å². The van der Waals surface area contributed by atoms with Crippen molar-refractivity contribution in [1.82, 2.24) is 14.9 Å². The van der Waals surface area contributed by atoms with E-state index in [0.717, 1.165) is 45.4 Å². The second kappa shape index (κ2) is 6.70. The van der Waals surface area contributed by atoms with Gasteiger partial charge in [-0.25, -0.2) is 9.97 Å². The molecule has 2 N–H and O–H groups in total. The molecule has 1 amide bonds. The van der Waals surface area contributed by atoms with Gasteiger partial charge in [0.1, 0.15) is 0 Å². The molecule has 130 valence electrons. The second-order valence-corrected chi connectivity index (χ2v) is 6.85. The summed E-state index contributed by atoms with van der Waals surface area (Å²) < 4.78 is 0. The van der Waals surface area contributed by atoms with Crippen molar-refractivity contribution in [3.05, 3.63) is 47.9 Å². The van der Waals surface area contributed by atoms with Gasteiger partial charge in [0.2, 0.25) is 0 Å². The van der Waals surface area contributed by atoms with Crippen LogP contribution in [0.2, 0.25) is 0 Å². The number of benzene rings is 1. The number of para-hydroxylation sites is 1. The molecule has 1 aromatic heterocycles. The summed E-state index contributed by atoms with van der Waals surface area (Å²) in [6.07, 6.45) is 6.20. The van der Waals surface area contributed by atoms with Gasteiger partial charge >= 0.3 is 0 Å².